The first-order chi connectivity index (χ1) is 14.2. The number of rotatable bonds is 4. The number of nitrogens with zero attached hydrogens (tertiary/aromatic N) is 1. The Morgan fingerprint density at radius 3 is 2.40 bits per heavy atom. The van der Waals surface area contributed by atoms with E-state index in [2.05, 4.69) is 10.3 Å². The number of carbonyl (C=O) groups excluding carboxylic acids is 1. The number of nitrogens with two attached hydrogens (primary N) is 1. The number of hydrogen-bond donors (Lipinski definition) is 3. The molecule has 5 nitrogen and oxygen atoms in total. The summed E-state index contributed by atoms with van der Waals surface area (Å²) in [5, 5.41) is 12.7. The minimum absolute atomic E-state index is 0.214. The summed E-state index contributed by atoms with van der Waals surface area (Å²) >= 11 is 0. The Hall–Kier alpha value is -3.09. The van der Waals surface area contributed by atoms with Gasteiger partial charge in [-0.3, -0.25) is 4.79 Å². The zero-order valence-corrected chi connectivity index (χ0v) is 16.9. The van der Waals surface area contributed by atoms with Crippen molar-refractivity contribution in [3.63, 3.8) is 0 Å². The Morgan fingerprint density at radius 2 is 1.80 bits per heavy atom. The van der Waals surface area contributed by atoms with Crippen molar-refractivity contribution in [3.05, 3.63) is 72.2 Å². The Balaban J connectivity index is 1.77. The van der Waals surface area contributed by atoms with Crippen LogP contribution in [0, 0.1) is 5.82 Å². The third kappa shape index (κ3) is 3.84. The smallest absolute Gasteiger partial charge is 0.222 e. The van der Waals surface area contributed by atoms with Crippen LogP contribution in [0.4, 0.5) is 10.2 Å². The van der Waals surface area contributed by atoms with Gasteiger partial charge in [-0.05, 0) is 48.6 Å². The maximum atomic E-state index is 15.1. The van der Waals surface area contributed by atoms with Crippen LogP contribution in [0.25, 0.3) is 22.3 Å². The zero-order valence-electron chi connectivity index (χ0n) is 16.9. The van der Waals surface area contributed by atoms with Crippen molar-refractivity contribution in [1.29, 1.82) is 0 Å². The molecule has 1 fully saturated rings. The van der Waals surface area contributed by atoms with Crippen LogP contribution >= 0.6 is 0 Å². The van der Waals surface area contributed by atoms with Crippen LogP contribution in [0.15, 0.2) is 60.8 Å². The van der Waals surface area contributed by atoms with E-state index in [1.807, 2.05) is 36.4 Å². The lowest BCUT2D eigenvalue weighted by molar-refractivity contribution is -0.114. The minimum Gasteiger partial charge on any atom is -0.390 e. The molecule has 0 aliphatic heterocycles. The number of nitrogens with one attached hydrogen (secondary N) is 1. The molecule has 0 saturated heterocycles. The largest absolute Gasteiger partial charge is 0.390 e. The average molecular weight is 405 g/mol. The monoisotopic (exact) mass is 405 g/mol. The molecule has 4 rings (SSSR count). The molecule has 1 aliphatic carbocycles. The molecular weight excluding hydrogens is 381 g/mol. The molecule has 2 aromatic carbocycles. The fraction of sp³-hybridized carbons (Fsp3) is 0.250. The summed E-state index contributed by atoms with van der Waals surface area (Å²) in [6, 6.07) is 16.4. The van der Waals surface area contributed by atoms with Gasteiger partial charge >= 0.3 is 0 Å². The molecule has 0 unspecified atom stereocenters. The van der Waals surface area contributed by atoms with Crippen molar-refractivity contribution in [1.82, 2.24) is 4.98 Å². The highest BCUT2D eigenvalue weighted by molar-refractivity contribution is 5.91. The molecule has 1 aromatic heterocycles. The Bertz CT molecular complexity index is 1100. The van der Waals surface area contributed by atoms with Crippen molar-refractivity contribution < 1.29 is 14.3 Å². The molecule has 0 atom stereocenters. The molecule has 3 aromatic rings. The summed E-state index contributed by atoms with van der Waals surface area (Å²) in [4.78, 5) is 15.8. The van der Waals surface area contributed by atoms with E-state index in [0.29, 0.717) is 29.8 Å². The third-order valence-corrected chi connectivity index (χ3v) is 5.50. The number of benzene rings is 2. The molecule has 4 N–H and O–H groups in total. The first-order valence-corrected chi connectivity index (χ1v) is 9.82. The Kier molecular flexibility index (Phi) is 4.92. The number of aromatic nitrogens is 1. The van der Waals surface area contributed by atoms with Gasteiger partial charge in [0.05, 0.1) is 5.60 Å². The number of pyridine rings is 1. The van der Waals surface area contributed by atoms with Crippen LogP contribution in [-0.4, -0.2) is 21.6 Å². The highest BCUT2D eigenvalue weighted by Crippen LogP contribution is 2.47. The van der Waals surface area contributed by atoms with Gasteiger partial charge in [0, 0.05) is 29.8 Å². The first-order valence-electron chi connectivity index (χ1n) is 9.82. The van der Waals surface area contributed by atoms with Crippen LogP contribution in [0.5, 0.6) is 0 Å². The van der Waals surface area contributed by atoms with Gasteiger partial charge in [-0.15, -0.1) is 0 Å². The highest BCUT2D eigenvalue weighted by atomic mass is 19.1. The lowest BCUT2D eigenvalue weighted by Crippen LogP contribution is -2.58. The molecule has 6 heteroatoms. The van der Waals surface area contributed by atoms with E-state index >= 15 is 4.39 Å². The lowest BCUT2D eigenvalue weighted by Gasteiger charge is -2.49. The number of halogens is 1. The van der Waals surface area contributed by atoms with Crippen LogP contribution < -0.4 is 11.1 Å². The van der Waals surface area contributed by atoms with Crippen LogP contribution in [0.2, 0.25) is 0 Å². The van der Waals surface area contributed by atoms with Gasteiger partial charge in [0.25, 0.3) is 0 Å². The van der Waals surface area contributed by atoms with Gasteiger partial charge in [-0.1, -0.05) is 42.5 Å². The molecule has 30 heavy (non-hydrogen) atoms. The van der Waals surface area contributed by atoms with Gasteiger partial charge in [-0.25, -0.2) is 9.37 Å². The van der Waals surface area contributed by atoms with Crippen molar-refractivity contribution >= 4 is 11.7 Å². The maximum Gasteiger partial charge on any atom is 0.222 e. The fourth-order valence-corrected chi connectivity index (χ4v) is 4.37. The number of hydrogen-bond acceptors (Lipinski definition) is 4. The van der Waals surface area contributed by atoms with E-state index in [9.17, 15) is 9.90 Å². The predicted octanol–water partition coefficient (Wildman–Crippen LogP) is 4.21. The number of amides is 1. The molecule has 1 amide bonds. The van der Waals surface area contributed by atoms with Gasteiger partial charge in [0.1, 0.15) is 11.6 Å². The normalized spacial score (nSPS) is 23.0. The van der Waals surface area contributed by atoms with Crippen molar-refractivity contribution in [2.45, 2.75) is 37.8 Å². The number of anilines is 1. The first kappa shape index (κ1) is 20.2. The summed E-state index contributed by atoms with van der Waals surface area (Å²) in [5.74, 6) is -0.190. The second-order valence-electron chi connectivity index (χ2n) is 8.36. The van der Waals surface area contributed by atoms with Crippen molar-refractivity contribution in [2.75, 3.05) is 5.32 Å². The van der Waals surface area contributed by atoms with E-state index < -0.39 is 17.0 Å². The Morgan fingerprint density at radius 1 is 1.10 bits per heavy atom. The van der Waals surface area contributed by atoms with E-state index in [1.165, 1.54) is 13.0 Å². The second-order valence-corrected chi connectivity index (χ2v) is 8.36. The fourth-order valence-electron chi connectivity index (χ4n) is 4.37. The SMILES string of the molecule is CC(=O)Nc1cc(-c2ccccc2)c(-c2ccc(C3(N)CC(C)(O)C3)c(F)c2)cn1. The van der Waals surface area contributed by atoms with Gasteiger partial charge in [-0.2, -0.15) is 0 Å². The van der Waals surface area contributed by atoms with Gasteiger partial charge in [0.2, 0.25) is 5.91 Å². The molecule has 0 spiro atoms. The number of aliphatic hydroxyl groups is 1. The molecule has 1 aliphatic rings. The molecular formula is C24H24FN3O2. The third-order valence-electron chi connectivity index (χ3n) is 5.50. The summed E-state index contributed by atoms with van der Waals surface area (Å²) in [5.41, 5.74) is 8.17. The van der Waals surface area contributed by atoms with Gasteiger partial charge in [0.15, 0.2) is 0 Å². The molecule has 1 saturated carbocycles. The molecule has 0 radical (unpaired) electrons. The second kappa shape index (κ2) is 7.31. The minimum atomic E-state index is -0.859. The topological polar surface area (TPSA) is 88.2 Å². The molecule has 0 bridgehead atoms. The van der Waals surface area contributed by atoms with E-state index in [4.69, 9.17) is 5.73 Å². The van der Waals surface area contributed by atoms with E-state index in [0.717, 1.165) is 16.7 Å². The van der Waals surface area contributed by atoms with Crippen LogP contribution in [0.1, 0.15) is 32.3 Å². The average Bonchev–Trinajstić information content (AvgIpc) is 2.66. The van der Waals surface area contributed by atoms with Gasteiger partial charge < -0.3 is 16.2 Å². The number of carbonyl (C=O) groups is 1. The Labute approximate surface area is 174 Å². The van der Waals surface area contributed by atoms with Crippen molar-refractivity contribution in [2.24, 2.45) is 5.73 Å². The molecule has 154 valence electrons. The van der Waals surface area contributed by atoms with E-state index in [1.54, 1.807) is 25.3 Å². The lowest BCUT2D eigenvalue weighted by atomic mass is 9.63. The summed E-state index contributed by atoms with van der Waals surface area (Å²) < 4.78 is 15.1. The zero-order chi connectivity index (χ0) is 21.5. The quantitative estimate of drug-likeness (QED) is 0.607. The van der Waals surface area contributed by atoms with Crippen molar-refractivity contribution in [3.8, 4) is 22.3 Å². The summed E-state index contributed by atoms with van der Waals surface area (Å²) in [6.07, 6.45) is 2.27. The predicted molar refractivity (Wildman–Crippen MR) is 115 cm³/mol. The van der Waals surface area contributed by atoms with Crippen LogP contribution in [-0.2, 0) is 10.3 Å². The van der Waals surface area contributed by atoms with E-state index in [-0.39, 0.29) is 5.91 Å². The summed E-state index contributed by atoms with van der Waals surface area (Å²) in [6.45, 7) is 3.13. The standard InChI is InChI=1S/C24H24FN3O2/c1-15(29)28-22-11-18(16-6-4-3-5-7-16)19(12-27-22)17-8-9-20(21(25)10-17)24(26)13-23(2,30)14-24/h3-12,30H,13-14,26H2,1-2H3,(H,27,28,29). The maximum absolute atomic E-state index is 15.1. The van der Waals surface area contributed by atoms with Crippen LogP contribution in [0.3, 0.4) is 0 Å². The highest BCUT2D eigenvalue weighted by Gasteiger charge is 2.50. The molecule has 1 heterocycles. The summed E-state index contributed by atoms with van der Waals surface area (Å²) in [7, 11) is 0.